The molecule has 1 amide bonds. The van der Waals surface area contributed by atoms with Gasteiger partial charge in [-0.3, -0.25) is 4.79 Å². The summed E-state index contributed by atoms with van der Waals surface area (Å²) < 4.78 is 13.3. The Balaban J connectivity index is 1.57. The molecular formula is C19H17Cl2FN6O. The fourth-order valence-corrected chi connectivity index (χ4v) is 4.77. The third-order valence-corrected chi connectivity index (χ3v) is 6.08. The first-order valence-corrected chi connectivity index (χ1v) is 10.1. The predicted molar refractivity (Wildman–Crippen MR) is 106 cm³/mol. The second kappa shape index (κ2) is 7.19. The lowest BCUT2D eigenvalue weighted by Gasteiger charge is -2.47. The number of amides is 1. The molecule has 1 aromatic heterocycles. The van der Waals surface area contributed by atoms with Gasteiger partial charge in [0, 0.05) is 23.7 Å². The van der Waals surface area contributed by atoms with Crippen molar-refractivity contribution in [3.8, 4) is 0 Å². The Morgan fingerprint density at radius 3 is 2.76 bits per heavy atom. The van der Waals surface area contributed by atoms with Crippen molar-refractivity contribution in [2.24, 2.45) is 5.10 Å². The average molecular weight is 435 g/mol. The minimum absolute atomic E-state index is 0.0548. The molecule has 3 aliphatic heterocycles. The maximum Gasteiger partial charge on any atom is 0.277 e. The van der Waals surface area contributed by atoms with Gasteiger partial charge in [-0.1, -0.05) is 29.6 Å². The van der Waals surface area contributed by atoms with Crippen LogP contribution in [0.25, 0.3) is 0 Å². The maximum absolute atomic E-state index is 13.4. The summed E-state index contributed by atoms with van der Waals surface area (Å²) in [4.78, 5) is 23.6. The highest BCUT2D eigenvalue weighted by atomic mass is 35.5. The third kappa shape index (κ3) is 3.25. The van der Waals surface area contributed by atoms with Crippen molar-refractivity contribution in [3.05, 3.63) is 57.8 Å². The van der Waals surface area contributed by atoms with Gasteiger partial charge in [0.25, 0.3) is 5.91 Å². The van der Waals surface area contributed by atoms with Crippen LogP contribution in [0.15, 0.2) is 35.7 Å². The van der Waals surface area contributed by atoms with E-state index in [-0.39, 0.29) is 29.0 Å². The normalized spacial score (nSPS) is 25.6. The zero-order valence-corrected chi connectivity index (χ0v) is 16.7. The van der Waals surface area contributed by atoms with Gasteiger partial charge in [-0.2, -0.15) is 0 Å². The molecular weight excluding hydrogens is 418 g/mol. The van der Waals surface area contributed by atoms with Gasteiger partial charge < -0.3 is 10.2 Å². The maximum atomic E-state index is 13.4. The molecule has 2 fully saturated rings. The van der Waals surface area contributed by atoms with Crippen molar-refractivity contribution < 1.29 is 9.18 Å². The summed E-state index contributed by atoms with van der Waals surface area (Å²) in [6.45, 7) is 0.666. The molecule has 150 valence electrons. The quantitative estimate of drug-likeness (QED) is 0.786. The van der Waals surface area contributed by atoms with Crippen LogP contribution >= 0.6 is 23.2 Å². The standard InChI is InChI=1S/C19H17Cl2FN6O/c20-10-4-5-13(14(21)6-10)19(29)28-18-15-3-1-2-12(25-15)9-27(18)17(26-28)16-23-7-11(22)8-24-16/h4-8,12,15,18,25H,1-3,9H2. The number of hydrogen-bond acceptors (Lipinski definition) is 6. The van der Waals surface area contributed by atoms with Gasteiger partial charge in [0.15, 0.2) is 17.5 Å². The molecule has 4 heterocycles. The lowest BCUT2D eigenvalue weighted by molar-refractivity contribution is 0.0239. The van der Waals surface area contributed by atoms with Crippen molar-refractivity contribution >= 4 is 34.9 Å². The van der Waals surface area contributed by atoms with Crippen LogP contribution in [-0.4, -0.2) is 56.4 Å². The highest BCUT2D eigenvalue weighted by molar-refractivity contribution is 6.36. The van der Waals surface area contributed by atoms with E-state index in [1.54, 1.807) is 12.1 Å². The molecule has 5 rings (SSSR count). The van der Waals surface area contributed by atoms with E-state index in [9.17, 15) is 9.18 Å². The molecule has 2 aromatic rings. The molecule has 2 saturated heterocycles. The highest BCUT2D eigenvalue weighted by Crippen LogP contribution is 2.34. The number of nitrogens with one attached hydrogen (secondary N) is 1. The van der Waals surface area contributed by atoms with Gasteiger partial charge in [0.1, 0.15) is 6.17 Å². The molecule has 0 radical (unpaired) electrons. The van der Waals surface area contributed by atoms with Crippen LogP contribution < -0.4 is 5.32 Å². The molecule has 0 spiro atoms. The number of rotatable bonds is 2. The van der Waals surface area contributed by atoms with E-state index < -0.39 is 5.82 Å². The monoisotopic (exact) mass is 434 g/mol. The van der Waals surface area contributed by atoms with Crippen molar-refractivity contribution in [1.29, 1.82) is 0 Å². The highest BCUT2D eigenvalue weighted by Gasteiger charge is 2.49. The number of piperidine rings is 1. The van der Waals surface area contributed by atoms with Crippen molar-refractivity contribution in [3.63, 3.8) is 0 Å². The number of halogens is 3. The van der Waals surface area contributed by atoms with Crippen LogP contribution in [0.2, 0.25) is 10.0 Å². The van der Waals surface area contributed by atoms with Crippen LogP contribution in [0.5, 0.6) is 0 Å². The summed E-state index contributed by atoms with van der Waals surface area (Å²) in [7, 11) is 0. The van der Waals surface area contributed by atoms with Crippen molar-refractivity contribution in [1.82, 2.24) is 25.2 Å². The van der Waals surface area contributed by atoms with Crippen molar-refractivity contribution in [2.75, 3.05) is 6.54 Å². The molecule has 7 nitrogen and oxygen atoms in total. The fourth-order valence-electron chi connectivity index (χ4n) is 4.28. The first-order chi connectivity index (χ1) is 14.0. The minimum atomic E-state index is -0.526. The zero-order chi connectivity index (χ0) is 20.1. The number of carbonyl (C=O) groups is 1. The Morgan fingerprint density at radius 1 is 1.21 bits per heavy atom. The Bertz CT molecular complexity index is 1000. The molecule has 0 saturated carbocycles. The Kier molecular flexibility index (Phi) is 4.64. The van der Waals surface area contributed by atoms with Gasteiger partial charge in [-0.15, -0.1) is 5.10 Å². The van der Waals surface area contributed by atoms with Crippen LogP contribution in [0, 0.1) is 5.82 Å². The number of hydrazone groups is 1. The summed E-state index contributed by atoms with van der Waals surface area (Å²) >= 11 is 12.3. The molecule has 3 aliphatic rings. The summed E-state index contributed by atoms with van der Waals surface area (Å²) in [5.41, 5.74) is 0.318. The van der Waals surface area contributed by atoms with Gasteiger partial charge >= 0.3 is 0 Å². The number of carbonyl (C=O) groups excluding carboxylic acids is 1. The number of benzene rings is 1. The fraction of sp³-hybridized carbons (Fsp3) is 0.368. The van der Waals surface area contributed by atoms with Crippen LogP contribution in [0.4, 0.5) is 4.39 Å². The first kappa shape index (κ1) is 18.7. The second-order valence-corrected chi connectivity index (χ2v) is 8.23. The number of amidine groups is 1. The zero-order valence-electron chi connectivity index (χ0n) is 15.2. The Hall–Kier alpha value is -2.29. The van der Waals surface area contributed by atoms with E-state index in [1.165, 1.54) is 11.1 Å². The lowest BCUT2D eigenvalue weighted by atomic mass is 9.91. The molecule has 1 aromatic carbocycles. The molecule has 1 N–H and O–H groups in total. The van der Waals surface area contributed by atoms with E-state index in [1.807, 2.05) is 4.90 Å². The van der Waals surface area contributed by atoms with E-state index in [0.29, 0.717) is 29.0 Å². The molecule has 29 heavy (non-hydrogen) atoms. The van der Waals surface area contributed by atoms with Gasteiger partial charge in [-0.05, 0) is 31.0 Å². The summed E-state index contributed by atoms with van der Waals surface area (Å²) in [5, 5.41) is 10.3. The topological polar surface area (TPSA) is 73.7 Å². The van der Waals surface area contributed by atoms with Crippen LogP contribution in [0.1, 0.15) is 35.4 Å². The van der Waals surface area contributed by atoms with Gasteiger partial charge in [0.05, 0.1) is 23.0 Å². The van der Waals surface area contributed by atoms with Crippen molar-refractivity contribution in [2.45, 2.75) is 37.5 Å². The van der Waals surface area contributed by atoms with Crippen LogP contribution in [-0.2, 0) is 0 Å². The van der Waals surface area contributed by atoms with Crippen LogP contribution in [0.3, 0.4) is 0 Å². The number of nitrogens with zero attached hydrogens (tertiary/aromatic N) is 5. The molecule has 2 bridgehead atoms. The molecule has 3 atom stereocenters. The third-order valence-electron chi connectivity index (χ3n) is 5.53. The number of piperazine rings is 1. The SMILES string of the molecule is O=C(c1ccc(Cl)cc1Cl)N1N=C(c2ncc(F)cn2)N2CC3CCCC(N3)C21. The minimum Gasteiger partial charge on any atom is -0.327 e. The molecule has 10 heteroatoms. The number of fused-ring (bicyclic) bond motifs is 4. The number of hydrogen-bond donors (Lipinski definition) is 1. The van der Waals surface area contributed by atoms with Gasteiger partial charge in [-0.25, -0.2) is 19.4 Å². The average Bonchev–Trinajstić information content (AvgIpc) is 3.08. The summed E-state index contributed by atoms with van der Waals surface area (Å²) in [6, 6.07) is 5.11. The first-order valence-electron chi connectivity index (χ1n) is 9.39. The number of aromatic nitrogens is 2. The molecule has 0 aliphatic carbocycles. The van der Waals surface area contributed by atoms with Gasteiger partial charge in [0.2, 0.25) is 0 Å². The summed E-state index contributed by atoms with van der Waals surface area (Å²) in [6.07, 6.45) is 4.93. The van der Waals surface area contributed by atoms with E-state index >= 15 is 0 Å². The lowest BCUT2D eigenvalue weighted by Crippen LogP contribution is -2.67. The largest absolute Gasteiger partial charge is 0.327 e. The Labute approximate surface area is 176 Å². The van der Waals surface area contributed by atoms with E-state index in [0.717, 1.165) is 31.7 Å². The second-order valence-electron chi connectivity index (χ2n) is 7.39. The summed E-state index contributed by atoms with van der Waals surface area (Å²) in [5.74, 6) is -0.104. The smallest absolute Gasteiger partial charge is 0.277 e. The molecule has 3 unspecified atom stereocenters. The predicted octanol–water partition coefficient (Wildman–Crippen LogP) is 2.89. The van der Waals surface area contributed by atoms with E-state index in [2.05, 4.69) is 20.4 Å². The van der Waals surface area contributed by atoms with E-state index in [4.69, 9.17) is 23.2 Å². The Morgan fingerprint density at radius 2 is 2.00 bits per heavy atom.